The van der Waals surface area contributed by atoms with Gasteiger partial charge >= 0.3 is 17.9 Å². The molecule has 182 valence electrons. The molecule has 1 aromatic carbocycles. The van der Waals surface area contributed by atoms with Crippen molar-refractivity contribution in [3.05, 3.63) is 23.8 Å². The fraction of sp³-hybridized carbons (Fsp3) is 0.500. The fourth-order valence-electron chi connectivity index (χ4n) is 3.25. The van der Waals surface area contributed by atoms with Gasteiger partial charge in [0.15, 0.2) is 11.5 Å². The molecule has 33 heavy (non-hydrogen) atoms. The predicted octanol–water partition coefficient (Wildman–Crippen LogP) is 2.12. The van der Waals surface area contributed by atoms with Gasteiger partial charge in [-0.1, -0.05) is 0 Å². The first-order chi connectivity index (χ1) is 15.6. The van der Waals surface area contributed by atoms with E-state index < -0.39 is 29.4 Å². The SMILES string of the molecule is COc1cc(C=O)ccc1OCCCC(=O)NC(CCC(=O)O)(CCC(=O)O)CCC(=O)O. The largest absolute Gasteiger partial charge is 0.493 e. The van der Waals surface area contributed by atoms with Crippen LogP contribution < -0.4 is 14.8 Å². The lowest BCUT2D eigenvalue weighted by atomic mass is 9.83. The number of hydrogen-bond acceptors (Lipinski definition) is 7. The minimum absolute atomic E-state index is 0.0102. The monoisotopic (exact) mass is 467 g/mol. The van der Waals surface area contributed by atoms with E-state index in [4.69, 9.17) is 24.8 Å². The summed E-state index contributed by atoms with van der Waals surface area (Å²) in [6.07, 6.45) is -0.386. The maximum absolute atomic E-state index is 12.5. The number of aliphatic carboxylic acids is 3. The number of aldehydes is 1. The quantitative estimate of drug-likeness (QED) is 0.196. The molecular weight excluding hydrogens is 438 g/mol. The lowest BCUT2D eigenvalue weighted by Gasteiger charge is -2.34. The van der Waals surface area contributed by atoms with E-state index in [1.165, 1.54) is 13.2 Å². The van der Waals surface area contributed by atoms with Crippen molar-refractivity contribution in [2.75, 3.05) is 13.7 Å². The molecule has 0 fully saturated rings. The third-order valence-electron chi connectivity index (χ3n) is 4.99. The molecule has 0 aromatic heterocycles. The summed E-state index contributed by atoms with van der Waals surface area (Å²) in [6.45, 7) is 0.136. The van der Waals surface area contributed by atoms with Crippen LogP contribution in [0, 0.1) is 0 Å². The van der Waals surface area contributed by atoms with Gasteiger partial charge in [-0.3, -0.25) is 24.0 Å². The molecule has 0 saturated heterocycles. The van der Waals surface area contributed by atoms with E-state index in [0.717, 1.165) is 0 Å². The standard InChI is InChI=1S/C22H29NO10/c1-32-17-13-15(14-24)4-5-16(17)33-12-2-3-18(25)23-22(9-6-19(26)27,10-7-20(28)29)11-8-21(30)31/h4-5,13-14H,2-3,6-12H2,1H3,(H,23,25)(H,26,27)(H,28,29)(H,30,31). The Morgan fingerprint density at radius 2 is 1.45 bits per heavy atom. The van der Waals surface area contributed by atoms with Gasteiger partial charge in [-0.05, 0) is 43.9 Å². The molecule has 11 heteroatoms. The van der Waals surface area contributed by atoms with Gasteiger partial charge in [-0.15, -0.1) is 0 Å². The molecule has 1 rings (SSSR count). The predicted molar refractivity (Wildman–Crippen MR) is 115 cm³/mol. The molecule has 0 bridgehead atoms. The van der Waals surface area contributed by atoms with Crippen molar-refractivity contribution in [1.82, 2.24) is 5.32 Å². The van der Waals surface area contributed by atoms with Crippen LogP contribution in [0.4, 0.5) is 0 Å². The molecule has 0 unspecified atom stereocenters. The Kier molecular flexibility index (Phi) is 11.4. The van der Waals surface area contributed by atoms with Crippen LogP contribution in [-0.2, 0) is 19.2 Å². The van der Waals surface area contributed by atoms with Crippen LogP contribution in [0.2, 0.25) is 0 Å². The van der Waals surface area contributed by atoms with Gasteiger partial charge in [0.2, 0.25) is 5.91 Å². The molecule has 11 nitrogen and oxygen atoms in total. The summed E-state index contributed by atoms with van der Waals surface area (Å²) in [5.41, 5.74) is -0.847. The highest BCUT2D eigenvalue weighted by atomic mass is 16.5. The maximum atomic E-state index is 12.5. The molecule has 0 heterocycles. The van der Waals surface area contributed by atoms with E-state index in [9.17, 15) is 24.0 Å². The highest BCUT2D eigenvalue weighted by molar-refractivity contribution is 5.78. The average Bonchev–Trinajstić information content (AvgIpc) is 2.77. The number of nitrogens with one attached hydrogen (secondary N) is 1. The van der Waals surface area contributed by atoms with E-state index in [0.29, 0.717) is 23.3 Å². The Morgan fingerprint density at radius 1 is 0.909 bits per heavy atom. The lowest BCUT2D eigenvalue weighted by molar-refractivity contribution is -0.139. The minimum Gasteiger partial charge on any atom is -0.493 e. The molecule has 0 aliphatic rings. The molecule has 0 aliphatic carbocycles. The van der Waals surface area contributed by atoms with E-state index in [2.05, 4.69) is 5.32 Å². The Balaban J connectivity index is 2.76. The highest BCUT2D eigenvalue weighted by Gasteiger charge is 2.33. The van der Waals surface area contributed by atoms with Gasteiger partial charge in [-0.25, -0.2) is 0 Å². The zero-order chi connectivity index (χ0) is 24.9. The Morgan fingerprint density at radius 3 is 1.91 bits per heavy atom. The maximum Gasteiger partial charge on any atom is 0.303 e. The molecule has 0 radical (unpaired) electrons. The average molecular weight is 467 g/mol. The number of carbonyl (C=O) groups is 5. The van der Waals surface area contributed by atoms with Crippen molar-refractivity contribution in [3.8, 4) is 11.5 Å². The normalized spacial score (nSPS) is 10.8. The van der Waals surface area contributed by atoms with Gasteiger partial charge in [-0.2, -0.15) is 0 Å². The van der Waals surface area contributed by atoms with Gasteiger partial charge in [0.1, 0.15) is 6.29 Å². The van der Waals surface area contributed by atoms with Crippen LogP contribution in [0.15, 0.2) is 18.2 Å². The second-order valence-corrected chi connectivity index (χ2v) is 7.49. The minimum atomic E-state index is -1.26. The highest BCUT2D eigenvalue weighted by Crippen LogP contribution is 2.28. The molecule has 0 aliphatic heterocycles. The number of carbonyl (C=O) groups excluding carboxylic acids is 2. The summed E-state index contributed by atoms with van der Waals surface area (Å²) in [7, 11) is 1.43. The first kappa shape index (κ1) is 27.4. The van der Waals surface area contributed by atoms with Crippen molar-refractivity contribution in [3.63, 3.8) is 0 Å². The molecular formula is C22H29NO10. The number of amides is 1. The molecule has 0 atom stereocenters. The number of methoxy groups -OCH3 is 1. The van der Waals surface area contributed by atoms with E-state index in [1.807, 2.05) is 0 Å². The van der Waals surface area contributed by atoms with Crippen LogP contribution in [0.3, 0.4) is 0 Å². The van der Waals surface area contributed by atoms with Crippen LogP contribution in [0.1, 0.15) is 61.7 Å². The first-order valence-corrected chi connectivity index (χ1v) is 10.3. The third kappa shape index (κ3) is 10.5. The summed E-state index contributed by atoms with van der Waals surface area (Å²) in [5.74, 6) is -3.13. The molecule has 0 saturated carbocycles. The number of carboxylic acids is 3. The summed E-state index contributed by atoms with van der Waals surface area (Å²) in [6, 6.07) is 4.63. The van der Waals surface area contributed by atoms with Crippen LogP contribution in [0.5, 0.6) is 11.5 Å². The smallest absolute Gasteiger partial charge is 0.303 e. The van der Waals surface area contributed by atoms with Crippen molar-refractivity contribution in [2.45, 2.75) is 56.9 Å². The first-order valence-electron chi connectivity index (χ1n) is 10.3. The zero-order valence-corrected chi connectivity index (χ0v) is 18.4. The second-order valence-electron chi connectivity index (χ2n) is 7.49. The van der Waals surface area contributed by atoms with Crippen LogP contribution in [-0.4, -0.2) is 64.7 Å². The van der Waals surface area contributed by atoms with E-state index in [-0.39, 0.29) is 58.0 Å². The van der Waals surface area contributed by atoms with E-state index >= 15 is 0 Å². The number of benzene rings is 1. The summed E-state index contributed by atoms with van der Waals surface area (Å²) in [5, 5.41) is 29.8. The molecule has 1 aromatic rings. The Hall–Kier alpha value is -3.63. The topological polar surface area (TPSA) is 177 Å². The fourth-order valence-corrected chi connectivity index (χ4v) is 3.25. The van der Waals surface area contributed by atoms with Gasteiger partial charge in [0.05, 0.1) is 13.7 Å². The number of carboxylic acid groups (broad SMARTS) is 3. The van der Waals surface area contributed by atoms with Crippen LogP contribution >= 0.6 is 0 Å². The number of ether oxygens (including phenoxy) is 2. The van der Waals surface area contributed by atoms with Crippen molar-refractivity contribution in [1.29, 1.82) is 0 Å². The van der Waals surface area contributed by atoms with Crippen LogP contribution in [0.25, 0.3) is 0 Å². The van der Waals surface area contributed by atoms with Crippen molar-refractivity contribution < 1.29 is 48.8 Å². The Bertz CT molecular complexity index is 806. The summed E-state index contributed by atoms with van der Waals surface area (Å²) < 4.78 is 10.8. The zero-order valence-electron chi connectivity index (χ0n) is 18.4. The third-order valence-corrected chi connectivity index (χ3v) is 4.99. The Labute approximate surface area is 190 Å². The lowest BCUT2D eigenvalue weighted by Crippen LogP contribution is -2.49. The van der Waals surface area contributed by atoms with Gasteiger partial charge < -0.3 is 30.1 Å². The molecule has 4 N–H and O–H groups in total. The molecule has 0 spiro atoms. The van der Waals surface area contributed by atoms with Crippen molar-refractivity contribution in [2.24, 2.45) is 0 Å². The van der Waals surface area contributed by atoms with E-state index in [1.54, 1.807) is 12.1 Å². The summed E-state index contributed by atoms with van der Waals surface area (Å²) >= 11 is 0. The number of hydrogen-bond donors (Lipinski definition) is 4. The van der Waals surface area contributed by atoms with Crippen molar-refractivity contribution >= 4 is 30.1 Å². The molecule has 1 amide bonds. The van der Waals surface area contributed by atoms with Gasteiger partial charge in [0.25, 0.3) is 0 Å². The van der Waals surface area contributed by atoms with Gasteiger partial charge in [0, 0.05) is 36.8 Å². The summed E-state index contributed by atoms with van der Waals surface area (Å²) in [4.78, 5) is 56.6. The number of rotatable bonds is 17. The second kappa shape index (κ2) is 13.7.